The van der Waals surface area contributed by atoms with E-state index < -0.39 is 0 Å². The van der Waals surface area contributed by atoms with Crippen molar-refractivity contribution in [1.82, 2.24) is 4.90 Å². The van der Waals surface area contributed by atoms with Gasteiger partial charge in [-0.05, 0) is 42.9 Å². The van der Waals surface area contributed by atoms with Gasteiger partial charge in [0.25, 0.3) is 0 Å². The zero-order chi connectivity index (χ0) is 14.4. The van der Waals surface area contributed by atoms with E-state index in [-0.39, 0.29) is 0 Å². The molecule has 2 aromatic carbocycles. The van der Waals surface area contributed by atoms with Crippen molar-refractivity contribution in [2.75, 3.05) is 25.9 Å². The van der Waals surface area contributed by atoms with Crippen LogP contribution in [0.2, 0.25) is 5.02 Å². The van der Waals surface area contributed by atoms with Crippen molar-refractivity contribution < 1.29 is 4.74 Å². The molecule has 0 saturated carbocycles. The summed E-state index contributed by atoms with van der Waals surface area (Å²) >= 11 is 5.91. The van der Waals surface area contributed by atoms with Crippen LogP contribution in [0, 0.1) is 0 Å². The largest absolute Gasteiger partial charge is 0.492 e. The average Bonchev–Trinajstić information content (AvgIpc) is 2.38. The van der Waals surface area contributed by atoms with E-state index >= 15 is 0 Å². The van der Waals surface area contributed by atoms with Crippen molar-refractivity contribution in [2.45, 2.75) is 6.54 Å². The molecule has 0 radical (unpaired) electrons. The Bertz CT molecular complexity index is 560. The summed E-state index contributed by atoms with van der Waals surface area (Å²) in [6.07, 6.45) is 0. The predicted octanol–water partition coefficient (Wildman–Crippen LogP) is 3.43. The van der Waals surface area contributed by atoms with Crippen LogP contribution in [-0.2, 0) is 6.54 Å². The number of rotatable bonds is 6. The number of nitrogens with two attached hydrogens (primary N) is 1. The quantitative estimate of drug-likeness (QED) is 0.828. The van der Waals surface area contributed by atoms with Crippen molar-refractivity contribution in [2.24, 2.45) is 0 Å². The van der Waals surface area contributed by atoms with Crippen molar-refractivity contribution in [3.8, 4) is 5.75 Å². The summed E-state index contributed by atoms with van der Waals surface area (Å²) in [5.41, 5.74) is 7.77. The summed E-state index contributed by atoms with van der Waals surface area (Å²) in [6.45, 7) is 2.31. The second-order valence-corrected chi connectivity index (χ2v) is 5.23. The number of likely N-dealkylation sites (N-methyl/N-ethyl adjacent to an activating group) is 1. The van der Waals surface area contributed by atoms with E-state index in [0.29, 0.717) is 11.6 Å². The summed E-state index contributed by atoms with van der Waals surface area (Å²) < 4.78 is 5.67. The van der Waals surface area contributed by atoms with Crippen molar-refractivity contribution in [3.63, 3.8) is 0 Å². The third kappa shape index (κ3) is 4.76. The van der Waals surface area contributed by atoms with Crippen LogP contribution in [0.1, 0.15) is 5.56 Å². The van der Waals surface area contributed by atoms with Gasteiger partial charge >= 0.3 is 0 Å². The molecule has 0 saturated heterocycles. The molecule has 0 amide bonds. The Labute approximate surface area is 124 Å². The lowest BCUT2D eigenvalue weighted by molar-refractivity contribution is 0.233. The van der Waals surface area contributed by atoms with Gasteiger partial charge in [-0.1, -0.05) is 29.8 Å². The first-order chi connectivity index (χ1) is 9.63. The van der Waals surface area contributed by atoms with E-state index in [1.54, 1.807) is 0 Å². The first kappa shape index (κ1) is 14.7. The van der Waals surface area contributed by atoms with Gasteiger partial charge in [0.1, 0.15) is 12.4 Å². The molecule has 0 aliphatic heterocycles. The fraction of sp³-hybridized carbons (Fsp3) is 0.250. The first-order valence-corrected chi connectivity index (χ1v) is 6.92. The van der Waals surface area contributed by atoms with Gasteiger partial charge in [-0.3, -0.25) is 4.90 Å². The number of hydrogen-bond acceptors (Lipinski definition) is 3. The summed E-state index contributed by atoms with van der Waals surface area (Å²) in [5.74, 6) is 0.801. The van der Waals surface area contributed by atoms with Gasteiger partial charge in [-0.15, -0.1) is 0 Å². The topological polar surface area (TPSA) is 38.5 Å². The maximum absolute atomic E-state index is 5.91. The fourth-order valence-corrected chi connectivity index (χ4v) is 2.14. The monoisotopic (exact) mass is 290 g/mol. The van der Waals surface area contributed by atoms with Gasteiger partial charge in [0.15, 0.2) is 0 Å². The van der Waals surface area contributed by atoms with Gasteiger partial charge in [0, 0.05) is 23.8 Å². The minimum atomic E-state index is 0.624. The van der Waals surface area contributed by atoms with E-state index in [9.17, 15) is 0 Å². The molecule has 0 bridgehead atoms. The Morgan fingerprint density at radius 2 is 1.95 bits per heavy atom. The fourth-order valence-electron chi connectivity index (χ4n) is 1.96. The van der Waals surface area contributed by atoms with Crippen LogP contribution in [0.3, 0.4) is 0 Å². The van der Waals surface area contributed by atoms with Crippen LogP contribution in [0.25, 0.3) is 0 Å². The standard InChI is InChI=1S/C16H19ClN2O/c1-19(12-13-4-2-6-15(18)10-13)8-9-20-16-7-3-5-14(17)11-16/h2-7,10-11H,8-9,12,18H2,1H3. The molecule has 20 heavy (non-hydrogen) atoms. The van der Waals surface area contributed by atoms with E-state index in [1.165, 1.54) is 5.56 Å². The smallest absolute Gasteiger partial charge is 0.120 e. The Balaban J connectivity index is 1.76. The molecule has 4 heteroatoms. The molecule has 2 rings (SSSR count). The van der Waals surface area contributed by atoms with Crippen LogP contribution in [0.15, 0.2) is 48.5 Å². The molecule has 0 unspecified atom stereocenters. The van der Waals surface area contributed by atoms with Crippen LogP contribution in [0.4, 0.5) is 5.69 Å². The minimum absolute atomic E-state index is 0.624. The van der Waals surface area contributed by atoms with Crippen LogP contribution < -0.4 is 10.5 Å². The van der Waals surface area contributed by atoms with Gasteiger partial charge in [0.05, 0.1) is 0 Å². The maximum Gasteiger partial charge on any atom is 0.120 e. The second-order valence-electron chi connectivity index (χ2n) is 4.79. The molecular formula is C16H19ClN2O. The molecule has 3 nitrogen and oxygen atoms in total. The lowest BCUT2D eigenvalue weighted by atomic mass is 10.2. The van der Waals surface area contributed by atoms with Gasteiger partial charge in [-0.25, -0.2) is 0 Å². The van der Waals surface area contributed by atoms with E-state index in [1.807, 2.05) is 42.5 Å². The highest BCUT2D eigenvalue weighted by Gasteiger charge is 2.02. The number of halogens is 1. The number of ether oxygens (including phenoxy) is 1. The first-order valence-electron chi connectivity index (χ1n) is 6.55. The highest BCUT2D eigenvalue weighted by molar-refractivity contribution is 6.30. The number of hydrogen-bond donors (Lipinski definition) is 1. The Morgan fingerprint density at radius 1 is 1.15 bits per heavy atom. The molecule has 0 aliphatic carbocycles. The Hall–Kier alpha value is -1.71. The number of anilines is 1. The average molecular weight is 291 g/mol. The lowest BCUT2D eigenvalue weighted by Gasteiger charge is -2.17. The highest BCUT2D eigenvalue weighted by atomic mass is 35.5. The van der Waals surface area contributed by atoms with Crippen LogP contribution in [0.5, 0.6) is 5.75 Å². The molecular weight excluding hydrogens is 272 g/mol. The molecule has 106 valence electrons. The summed E-state index contributed by atoms with van der Waals surface area (Å²) in [4.78, 5) is 2.19. The minimum Gasteiger partial charge on any atom is -0.492 e. The molecule has 0 aliphatic rings. The number of nitrogens with zero attached hydrogens (tertiary/aromatic N) is 1. The molecule has 0 spiro atoms. The molecule has 0 aromatic heterocycles. The summed E-state index contributed by atoms with van der Waals surface area (Å²) in [7, 11) is 2.06. The molecule has 0 heterocycles. The Morgan fingerprint density at radius 3 is 2.70 bits per heavy atom. The van der Waals surface area contributed by atoms with E-state index in [2.05, 4.69) is 18.0 Å². The van der Waals surface area contributed by atoms with Crippen LogP contribution in [-0.4, -0.2) is 25.1 Å². The SMILES string of the molecule is CN(CCOc1cccc(Cl)c1)Cc1cccc(N)c1. The molecule has 2 aromatic rings. The van der Waals surface area contributed by atoms with Gasteiger partial charge in [-0.2, -0.15) is 0 Å². The second kappa shape index (κ2) is 7.17. The van der Waals surface area contributed by atoms with Crippen LogP contribution >= 0.6 is 11.6 Å². The molecule has 0 fully saturated rings. The van der Waals surface area contributed by atoms with Crippen molar-refractivity contribution in [1.29, 1.82) is 0 Å². The van der Waals surface area contributed by atoms with Crippen molar-refractivity contribution >= 4 is 17.3 Å². The zero-order valence-corrected chi connectivity index (χ0v) is 12.3. The number of nitrogen functional groups attached to an aromatic ring is 1. The van der Waals surface area contributed by atoms with Gasteiger partial charge in [0.2, 0.25) is 0 Å². The third-order valence-corrected chi connectivity index (χ3v) is 3.18. The van der Waals surface area contributed by atoms with E-state index in [0.717, 1.165) is 24.5 Å². The predicted molar refractivity (Wildman–Crippen MR) is 84.1 cm³/mol. The maximum atomic E-state index is 5.91. The van der Waals surface area contributed by atoms with Gasteiger partial charge < -0.3 is 10.5 Å². The third-order valence-electron chi connectivity index (χ3n) is 2.94. The summed E-state index contributed by atoms with van der Waals surface area (Å²) in [5, 5.41) is 0.690. The number of benzene rings is 2. The molecule has 2 N–H and O–H groups in total. The summed E-state index contributed by atoms with van der Waals surface area (Å²) in [6, 6.07) is 15.4. The highest BCUT2D eigenvalue weighted by Crippen LogP contribution is 2.17. The molecule has 0 atom stereocenters. The zero-order valence-electron chi connectivity index (χ0n) is 11.6. The van der Waals surface area contributed by atoms with Crippen molar-refractivity contribution in [3.05, 3.63) is 59.1 Å². The lowest BCUT2D eigenvalue weighted by Crippen LogP contribution is -2.23. The Kier molecular flexibility index (Phi) is 5.27. The van der Waals surface area contributed by atoms with E-state index in [4.69, 9.17) is 22.1 Å². The normalized spacial score (nSPS) is 10.8.